The summed E-state index contributed by atoms with van der Waals surface area (Å²) in [6.45, 7) is 8.15. The van der Waals surface area contributed by atoms with Crippen molar-refractivity contribution in [3.63, 3.8) is 0 Å². The predicted octanol–water partition coefficient (Wildman–Crippen LogP) is 6.01. The molecule has 6 nitrogen and oxygen atoms in total. The summed E-state index contributed by atoms with van der Waals surface area (Å²) in [5.74, 6) is 0.626. The number of methoxy groups -OCH3 is 2. The SMILES string of the molecule is CC[Si](CC)(CC)OC[C@H](OC(C)=O)[C@@H](CC(=O)c1ccc(OC)cc1)c1ccc(OC)cc1. The maximum atomic E-state index is 13.3. The lowest BCUT2D eigenvalue weighted by molar-refractivity contribution is -0.149. The van der Waals surface area contributed by atoms with Crippen molar-refractivity contribution in [2.75, 3.05) is 20.8 Å². The fourth-order valence-corrected chi connectivity index (χ4v) is 6.80. The molecule has 0 radical (unpaired) electrons. The number of rotatable bonds is 14. The smallest absolute Gasteiger partial charge is 0.303 e. The van der Waals surface area contributed by atoms with Crippen molar-refractivity contribution in [3.05, 3.63) is 59.7 Å². The molecule has 0 aliphatic carbocycles. The van der Waals surface area contributed by atoms with Crippen LogP contribution >= 0.6 is 0 Å². The molecule has 2 atom stereocenters. The van der Waals surface area contributed by atoms with Gasteiger partial charge in [-0.3, -0.25) is 9.59 Å². The van der Waals surface area contributed by atoms with Crippen LogP contribution in [0.15, 0.2) is 48.5 Å². The molecule has 0 amide bonds. The van der Waals surface area contributed by atoms with Crippen LogP contribution in [0, 0.1) is 0 Å². The third-order valence-electron chi connectivity index (χ3n) is 6.61. The fraction of sp³-hybridized carbons (Fsp3) is 0.481. The van der Waals surface area contributed by atoms with E-state index >= 15 is 0 Å². The number of benzene rings is 2. The van der Waals surface area contributed by atoms with Gasteiger partial charge in [0, 0.05) is 24.8 Å². The third-order valence-corrected chi connectivity index (χ3v) is 11.3. The largest absolute Gasteiger partial charge is 0.497 e. The maximum absolute atomic E-state index is 13.3. The number of esters is 1. The Balaban J connectivity index is 2.39. The Morgan fingerprint density at radius 3 is 1.76 bits per heavy atom. The quantitative estimate of drug-likeness (QED) is 0.185. The van der Waals surface area contributed by atoms with Crippen LogP contribution in [0.4, 0.5) is 0 Å². The molecular formula is C27H38O6Si. The normalized spacial score (nSPS) is 13.1. The Morgan fingerprint density at radius 1 is 0.824 bits per heavy atom. The molecule has 0 saturated heterocycles. The van der Waals surface area contributed by atoms with Gasteiger partial charge in [-0.05, 0) is 60.1 Å². The Hall–Kier alpha value is -2.64. The molecule has 2 aromatic rings. The lowest BCUT2D eigenvalue weighted by Crippen LogP contribution is -2.41. The van der Waals surface area contributed by atoms with Crippen LogP contribution in [0.3, 0.4) is 0 Å². The van der Waals surface area contributed by atoms with Crippen molar-refractivity contribution in [1.82, 2.24) is 0 Å². The molecule has 0 aromatic heterocycles. The summed E-state index contributed by atoms with van der Waals surface area (Å²) in [4.78, 5) is 25.3. The van der Waals surface area contributed by atoms with Crippen LogP contribution in [0.5, 0.6) is 11.5 Å². The second kappa shape index (κ2) is 13.3. The van der Waals surface area contributed by atoms with Crippen molar-refractivity contribution in [2.24, 2.45) is 0 Å². The summed E-state index contributed by atoms with van der Waals surface area (Å²) < 4.78 is 22.8. The van der Waals surface area contributed by atoms with Gasteiger partial charge in [-0.1, -0.05) is 32.9 Å². The van der Waals surface area contributed by atoms with Crippen molar-refractivity contribution < 1.29 is 28.2 Å². The van der Waals surface area contributed by atoms with Crippen molar-refractivity contribution in [1.29, 1.82) is 0 Å². The van der Waals surface area contributed by atoms with Gasteiger partial charge in [-0.2, -0.15) is 0 Å². The van der Waals surface area contributed by atoms with Crippen LogP contribution in [-0.2, 0) is 14.0 Å². The molecule has 0 unspecified atom stereocenters. The third kappa shape index (κ3) is 7.43. The van der Waals surface area contributed by atoms with E-state index in [1.807, 2.05) is 24.3 Å². The van der Waals surface area contributed by atoms with Gasteiger partial charge in [-0.25, -0.2) is 0 Å². The van der Waals surface area contributed by atoms with Gasteiger partial charge in [0.05, 0.1) is 20.8 Å². The van der Waals surface area contributed by atoms with Gasteiger partial charge >= 0.3 is 5.97 Å². The lowest BCUT2D eigenvalue weighted by atomic mass is 9.87. The molecule has 0 bridgehead atoms. The van der Waals surface area contributed by atoms with Gasteiger partial charge in [0.2, 0.25) is 0 Å². The Kier molecular flexibility index (Phi) is 10.8. The van der Waals surface area contributed by atoms with Gasteiger partial charge in [0.25, 0.3) is 0 Å². The average Bonchev–Trinajstić information content (AvgIpc) is 2.87. The second-order valence-corrected chi connectivity index (χ2v) is 13.2. The molecule has 186 valence electrons. The van der Waals surface area contributed by atoms with Crippen molar-refractivity contribution >= 4 is 20.1 Å². The molecule has 0 saturated carbocycles. The van der Waals surface area contributed by atoms with E-state index in [9.17, 15) is 9.59 Å². The van der Waals surface area contributed by atoms with E-state index in [-0.39, 0.29) is 30.7 Å². The highest BCUT2D eigenvalue weighted by Crippen LogP contribution is 2.31. The van der Waals surface area contributed by atoms with E-state index in [2.05, 4.69) is 20.8 Å². The highest BCUT2D eigenvalue weighted by molar-refractivity contribution is 6.73. The Bertz CT molecular complexity index is 897. The predicted molar refractivity (Wildman–Crippen MR) is 136 cm³/mol. The average molecular weight is 487 g/mol. The minimum absolute atomic E-state index is 0.0365. The summed E-state index contributed by atoms with van der Waals surface area (Å²) in [6, 6.07) is 17.6. The first kappa shape index (κ1) is 27.6. The number of hydrogen-bond donors (Lipinski definition) is 0. The molecule has 2 rings (SSSR count). The number of carbonyl (C=O) groups is 2. The molecule has 0 fully saturated rings. The maximum Gasteiger partial charge on any atom is 0.303 e. The summed E-state index contributed by atoms with van der Waals surface area (Å²) in [6.07, 6.45) is -0.400. The molecule has 0 spiro atoms. The molecular weight excluding hydrogens is 448 g/mol. The zero-order chi connectivity index (χ0) is 25.1. The summed E-state index contributed by atoms with van der Waals surface area (Å²) >= 11 is 0. The molecule has 0 aliphatic rings. The molecule has 0 N–H and O–H groups in total. The number of ether oxygens (including phenoxy) is 3. The lowest BCUT2D eigenvalue weighted by Gasteiger charge is -2.33. The monoisotopic (exact) mass is 486 g/mol. The van der Waals surface area contributed by atoms with Crippen LogP contribution in [-0.4, -0.2) is 47.0 Å². The van der Waals surface area contributed by atoms with E-state index in [1.54, 1.807) is 38.5 Å². The van der Waals surface area contributed by atoms with Gasteiger partial charge < -0.3 is 18.6 Å². The fourth-order valence-electron chi connectivity index (χ4n) is 4.17. The molecule has 34 heavy (non-hydrogen) atoms. The number of hydrogen-bond acceptors (Lipinski definition) is 6. The van der Waals surface area contributed by atoms with Crippen LogP contribution in [0.2, 0.25) is 18.1 Å². The first-order valence-electron chi connectivity index (χ1n) is 11.9. The van der Waals surface area contributed by atoms with Gasteiger partial charge in [-0.15, -0.1) is 0 Å². The molecule has 7 heteroatoms. The highest BCUT2D eigenvalue weighted by Gasteiger charge is 2.34. The van der Waals surface area contributed by atoms with Crippen LogP contribution in [0.1, 0.15) is 56.0 Å². The Morgan fingerprint density at radius 2 is 1.32 bits per heavy atom. The molecule has 2 aromatic carbocycles. The molecule has 0 heterocycles. The van der Waals surface area contributed by atoms with Crippen molar-refractivity contribution in [3.8, 4) is 11.5 Å². The summed E-state index contributed by atoms with van der Waals surface area (Å²) in [5, 5.41) is 0. The zero-order valence-corrected chi connectivity index (χ0v) is 22.3. The van der Waals surface area contributed by atoms with E-state index in [0.717, 1.165) is 29.4 Å². The standard InChI is InChI=1S/C27H38O6Si/c1-7-34(8-2,9-3)32-19-27(33-20(4)28)25(21-10-14-23(30-5)15-11-21)18-26(29)22-12-16-24(31-6)17-13-22/h10-17,25,27H,7-9,18-19H2,1-6H3/t25-,27-/m0/s1. The van der Waals surface area contributed by atoms with E-state index < -0.39 is 14.4 Å². The Labute approximate surface area is 204 Å². The summed E-state index contributed by atoms with van der Waals surface area (Å²) in [5.41, 5.74) is 1.48. The minimum atomic E-state index is -1.92. The topological polar surface area (TPSA) is 71.1 Å². The number of ketones is 1. The van der Waals surface area contributed by atoms with Crippen LogP contribution < -0.4 is 9.47 Å². The number of carbonyl (C=O) groups excluding carboxylic acids is 2. The first-order chi connectivity index (χ1) is 16.3. The van der Waals surface area contributed by atoms with Crippen LogP contribution in [0.25, 0.3) is 0 Å². The summed E-state index contributed by atoms with van der Waals surface area (Å²) in [7, 11) is 1.28. The molecule has 0 aliphatic heterocycles. The minimum Gasteiger partial charge on any atom is -0.497 e. The first-order valence-corrected chi connectivity index (χ1v) is 14.5. The number of Topliss-reactive ketones (excluding diaryl/α,β-unsaturated/α-hetero) is 1. The zero-order valence-electron chi connectivity index (χ0n) is 21.3. The van der Waals surface area contributed by atoms with Gasteiger partial charge in [0.15, 0.2) is 14.1 Å². The van der Waals surface area contributed by atoms with E-state index in [0.29, 0.717) is 11.3 Å². The van der Waals surface area contributed by atoms with Gasteiger partial charge in [0.1, 0.15) is 17.6 Å². The highest BCUT2D eigenvalue weighted by atomic mass is 28.4. The second-order valence-electron chi connectivity index (χ2n) is 8.44. The van der Waals surface area contributed by atoms with E-state index in [4.69, 9.17) is 18.6 Å². The van der Waals surface area contributed by atoms with E-state index in [1.165, 1.54) is 6.92 Å². The van der Waals surface area contributed by atoms with Crippen molar-refractivity contribution in [2.45, 2.75) is 64.3 Å².